The fourth-order valence-corrected chi connectivity index (χ4v) is 2.78. The van der Waals surface area contributed by atoms with Gasteiger partial charge < -0.3 is 5.32 Å². The molecule has 0 saturated carbocycles. The second-order valence-electron chi connectivity index (χ2n) is 5.02. The highest BCUT2D eigenvalue weighted by atomic mass is 19.1. The highest BCUT2D eigenvalue weighted by Crippen LogP contribution is 2.28. The van der Waals surface area contributed by atoms with Crippen LogP contribution in [0.25, 0.3) is 0 Å². The minimum atomic E-state index is -0.184. The van der Waals surface area contributed by atoms with Crippen LogP contribution >= 0.6 is 0 Å². The van der Waals surface area contributed by atoms with Crippen molar-refractivity contribution < 1.29 is 4.39 Å². The van der Waals surface area contributed by atoms with Gasteiger partial charge in [-0.3, -0.25) is 9.88 Å². The van der Waals surface area contributed by atoms with Crippen molar-refractivity contribution in [3.63, 3.8) is 0 Å². The molecule has 1 aromatic carbocycles. The highest BCUT2D eigenvalue weighted by Gasteiger charge is 2.23. The number of aromatic nitrogens is 1. The Morgan fingerprint density at radius 2 is 1.80 bits per heavy atom. The van der Waals surface area contributed by atoms with E-state index in [1.54, 1.807) is 24.5 Å². The van der Waals surface area contributed by atoms with E-state index in [1.807, 2.05) is 18.2 Å². The number of hydrogen-bond donors (Lipinski definition) is 1. The van der Waals surface area contributed by atoms with Gasteiger partial charge in [0.05, 0.1) is 6.04 Å². The number of pyridine rings is 1. The van der Waals surface area contributed by atoms with Crippen molar-refractivity contribution in [3.8, 4) is 0 Å². The van der Waals surface area contributed by atoms with Crippen LogP contribution in [-0.2, 0) is 0 Å². The molecule has 2 aromatic rings. The Morgan fingerprint density at radius 3 is 2.50 bits per heavy atom. The third-order valence-corrected chi connectivity index (χ3v) is 3.70. The number of rotatable bonds is 3. The Labute approximate surface area is 118 Å². The Kier molecular flexibility index (Phi) is 4.04. The molecule has 3 rings (SSSR count). The molecular weight excluding hydrogens is 253 g/mol. The van der Waals surface area contributed by atoms with Crippen molar-refractivity contribution in [1.29, 1.82) is 0 Å². The smallest absolute Gasteiger partial charge is 0.123 e. The summed E-state index contributed by atoms with van der Waals surface area (Å²) in [5.41, 5.74) is 2.16. The van der Waals surface area contributed by atoms with E-state index in [2.05, 4.69) is 15.2 Å². The molecule has 1 aliphatic rings. The molecule has 1 unspecified atom stereocenters. The molecule has 104 valence electrons. The predicted octanol–water partition coefficient (Wildman–Crippen LogP) is 2.22. The van der Waals surface area contributed by atoms with Crippen LogP contribution in [0.4, 0.5) is 4.39 Å². The van der Waals surface area contributed by atoms with Gasteiger partial charge in [-0.15, -0.1) is 0 Å². The first-order valence-electron chi connectivity index (χ1n) is 6.95. The van der Waals surface area contributed by atoms with Crippen LogP contribution in [-0.4, -0.2) is 36.1 Å². The zero-order valence-corrected chi connectivity index (χ0v) is 11.3. The standard InChI is InChI=1S/C16H18FN3/c17-15-3-1-2-14(12-15)16(13-4-6-18-7-5-13)20-10-8-19-9-11-20/h1-7,12,16,19H,8-11H2. The maximum Gasteiger partial charge on any atom is 0.123 e. The van der Waals surface area contributed by atoms with Gasteiger partial charge in [-0.25, -0.2) is 4.39 Å². The molecule has 0 bridgehead atoms. The molecule has 1 fully saturated rings. The fourth-order valence-electron chi connectivity index (χ4n) is 2.78. The predicted molar refractivity (Wildman–Crippen MR) is 76.9 cm³/mol. The number of halogens is 1. The van der Waals surface area contributed by atoms with Crippen molar-refractivity contribution in [1.82, 2.24) is 15.2 Å². The zero-order chi connectivity index (χ0) is 13.8. The summed E-state index contributed by atoms with van der Waals surface area (Å²) in [5, 5.41) is 3.36. The quantitative estimate of drug-likeness (QED) is 0.927. The average Bonchev–Trinajstić information content (AvgIpc) is 2.50. The Hall–Kier alpha value is -1.78. The number of benzene rings is 1. The van der Waals surface area contributed by atoms with Crippen molar-refractivity contribution in [2.75, 3.05) is 26.2 Å². The van der Waals surface area contributed by atoms with E-state index in [4.69, 9.17) is 0 Å². The van der Waals surface area contributed by atoms with Crippen molar-refractivity contribution in [2.45, 2.75) is 6.04 Å². The van der Waals surface area contributed by atoms with Gasteiger partial charge in [-0.05, 0) is 35.4 Å². The fraction of sp³-hybridized carbons (Fsp3) is 0.312. The molecule has 0 radical (unpaired) electrons. The number of nitrogens with one attached hydrogen (secondary N) is 1. The molecular formula is C16H18FN3. The van der Waals surface area contributed by atoms with Crippen LogP contribution in [0.5, 0.6) is 0 Å². The van der Waals surface area contributed by atoms with E-state index in [0.29, 0.717) is 0 Å². The minimum absolute atomic E-state index is 0.0933. The van der Waals surface area contributed by atoms with Gasteiger partial charge in [0.2, 0.25) is 0 Å². The maximum absolute atomic E-state index is 13.6. The van der Waals surface area contributed by atoms with E-state index in [0.717, 1.165) is 37.3 Å². The van der Waals surface area contributed by atoms with Crippen LogP contribution in [0, 0.1) is 5.82 Å². The maximum atomic E-state index is 13.6. The Balaban J connectivity index is 1.98. The van der Waals surface area contributed by atoms with E-state index in [9.17, 15) is 4.39 Å². The van der Waals surface area contributed by atoms with E-state index in [1.165, 1.54) is 6.07 Å². The van der Waals surface area contributed by atoms with Gasteiger partial charge in [0.1, 0.15) is 5.82 Å². The summed E-state index contributed by atoms with van der Waals surface area (Å²) >= 11 is 0. The highest BCUT2D eigenvalue weighted by molar-refractivity contribution is 5.31. The monoisotopic (exact) mass is 271 g/mol. The second-order valence-corrected chi connectivity index (χ2v) is 5.02. The van der Waals surface area contributed by atoms with Crippen molar-refractivity contribution in [2.24, 2.45) is 0 Å². The molecule has 0 spiro atoms. The zero-order valence-electron chi connectivity index (χ0n) is 11.3. The summed E-state index contributed by atoms with van der Waals surface area (Å²) in [7, 11) is 0. The lowest BCUT2D eigenvalue weighted by atomic mass is 9.97. The lowest BCUT2D eigenvalue weighted by Gasteiger charge is -2.35. The van der Waals surface area contributed by atoms with Crippen LogP contribution in [0.2, 0.25) is 0 Å². The van der Waals surface area contributed by atoms with E-state index >= 15 is 0 Å². The summed E-state index contributed by atoms with van der Waals surface area (Å²) in [4.78, 5) is 6.47. The molecule has 1 N–H and O–H groups in total. The van der Waals surface area contributed by atoms with Gasteiger partial charge in [-0.1, -0.05) is 12.1 Å². The summed E-state index contributed by atoms with van der Waals surface area (Å²) < 4.78 is 13.6. The van der Waals surface area contributed by atoms with Crippen molar-refractivity contribution in [3.05, 3.63) is 65.7 Å². The molecule has 0 amide bonds. The first kappa shape index (κ1) is 13.2. The first-order valence-corrected chi connectivity index (χ1v) is 6.95. The number of nitrogens with zero attached hydrogens (tertiary/aromatic N) is 2. The molecule has 3 nitrogen and oxygen atoms in total. The normalized spacial score (nSPS) is 17.9. The summed E-state index contributed by atoms with van der Waals surface area (Å²) in [5.74, 6) is -0.184. The Bertz CT molecular complexity index is 553. The van der Waals surface area contributed by atoms with Gasteiger partial charge >= 0.3 is 0 Å². The molecule has 1 aliphatic heterocycles. The lowest BCUT2D eigenvalue weighted by molar-refractivity contribution is 0.198. The molecule has 2 heterocycles. The van der Waals surface area contributed by atoms with Crippen LogP contribution in [0.3, 0.4) is 0 Å². The van der Waals surface area contributed by atoms with Crippen LogP contribution in [0.15, 0.2) is 48.8 Å². The SMILES string of the molecule is Fc1cccc(C(c2ccncc2)N2CCNCC2)c1. The number of hydrogen-bond acceptors (Lipinski definition) is 3. The third kappa shape index (κ3) is 2.86. The van der Waals surface area contributed by atoms with Crippen LogP contribution in [0.1, 0.15) is 17.2 Å². The molecule has 4 heteroatoms. The molecule has 20 heavy (non-hydrogen) atoms. The topological polar surface area (TPSA) is 28.2 Å². The third-order valence-electron chi connectivity index (χ3n) is 3.70. The molecule has 1 saturated heterocycles. The minimum Gasteiger partial charge on any atom is -0.314 e. The second kappa shape index (κ2) is 6.11. The Morgan fingerprint density at radius 1 is 1.05 bits per heavy atom. The van der Waals surface area contributed by atoms with E-state index < -0.39 is 0 Å². The van der Waals surface area contributed by atoms with Gasteiger partial charge in [0.15, 0.2) is 0 Å². The number of piperazine rings is 1. The lowest BCUT2D eigenvalue weighted by Crippen LogP contribution is -2.45. The average molecular weight is 271 g/mol. The molecule has 1 atom stereocenters. The van der Waals surface area contributed by atoms with Crippen molar-refractivity contribution >= 4 is 0 Å². The van der Waals surface area contributed by atoms with E-state index in [-0.39, 0.29) is 11.9 Å². The van der Waals surface area contributed by atoms with Gasteiger partial charge in [-0.2, -0.15) is 0 Å². The summed E-state index contributed by atoms with van der Waals surface area (Å²) in [6.45, 7) is 3.86. The first-order chi connectivity index (χ1) is 9.84. The van der Waals surface area contributed by atoms with Gasteiger partial charge in [0.25, 0.3) is 0 Å². The summed E-state index contributed by atoms with van der Waals surface area (Å²) in [6.07, 6.45) is 3.59. The largest absolute Gasteiger partial charge is 0.314 e. The molecule has 0 aliphatic carbocycles. The summed E-state index contributed by atoms with van der Waals surface area (Å²) in [6, 6.07) is 11.0. The molecule has 1 aromatic heterocycles. The van der Waals surface area contributed by atoms with Gasteiger partial charge in [0, 0.05) is 38.6 Å². The van der Waals surface area contributed by atoms with Crippen LogP contribution < -0.4 is 5.32 Å².